The molecule has 0 spiro atoms. The Balaban J connectivity index is 0.00000363. The van der Waals surface area contributed by atoms with Crippen molar-refractivity contribution in [1.29, 1.82) is 0 Å². The third kappa shape index (κ3) is 8.01. The molecule has 3 rings (SSSR count). The number of hydrogen-bond donors (Lipinski definition) is 2. The fourth-order valence-electron chi connectivity index (χ4n) is 3.94. The van der Waals surface area contributed by atoms with Crippen LogP contribution in [0, 0.1) is 12.7 Å². The number of aryl methyl sites for hydroxylation is 1. The Bertz CT molecular complexity index is 869. The lowest BCUT2D eigenvalue weighted by Crippen LogP contribution is -2.48. The zero-order valence-corrected chi connectivity index (χ0v) is 21.7. The zero-order chi connectivity index (χ0) is 22.1. The zero-order valence-electron chi connectivity index (χ0n) is 19.4. The van der Waals surface area contributed by atoms with Crippen LogP contribution in [-0.2, 0) is 24.4 Å². The Morgan fingerprint density at radius 2 is 1.91 bits per heavy atom. The molecule has 2 aromatic carbocycles. The van der Waals surface area contributed by atoms with Crippen molar-refractivity contribution in [3.63, 3.8) is 0 Å². The molecule has 0 aromatic heterocycles. The van der Waals surface area contributed by atoms with E-state index in [0.29, 0.717) is 18.2 Å². The van der Waals surface area contributed by atoms with Gasteiger partial charge in [0.2, 0.25) is 0 Å². The molecule has 1 aliphatic heterocycles. The van der Waals surface area contributed by atoms with Crippen LogP contribution in [0.15, 0.2) is 47.5 Å². The summed E-state index contributed by atoms with van der Waals surface area (Å²) in [4.78, 5) is 7.25. The lowest BCUT2D eigenvalue weighted by molar-refractivity contribution is 0.181. The second-order valence-electron chi connectivity index (χ2n) is 8.18. The van der Waals surface area contributed by atoms with Crippen LogP contribution in [0.2, 0.25) is 0 Å². The smallest absolute Gasteiger partial charge is 0.191 e. The van der Waals surface area contributed by atoms with Crippen LogP contribution in [0.3, 0.4) is 0 Å². The Kier molecular flexibility index (Phi) is 11.4. The third-order valence-corrected chi connectivity index (χ3v) is 5.76. The topological polar surface area (TPSA) is 48.9 Å². The first-order valence-electron chi connectivity index (χ1n) is 11.2. The molecular weight excluding hydrogens is 518 g/mol. The maximum Gasteiger partial charge on any atom is 0.191 e. The van der Waals surface area contributed by atoms with Gasteiger partial charge in [-0.1, -0.05) is 30.3 Å². The number of hydrogen-bond acceptors (Lipinski definition) is 3. The summed E-state index contributed by atoms with van der Waals surface area (Å²) in [6.45, 7) is 8.98. The first-order chi connectivity index (χ1) is 15.1. The van der Waals surface area contributed by atoms with Gasteiger partial charge in [0.05, 0.1) is 13.2 Å². The van der Waals surface area contributed by atoms with E-state index >= 15 is 0 Å². The Morgan fingerprint density at radius 1 is 1.16 bits per heavy atom. The van der Waals surface area contributed by atoms with Crippen molar-refractivity contribution in [2.45, 2.75) is 52.4 Å². The van der Waals surface area contributed by atoms with E-state index in [4.69, 9.17) is 9.73 Å². The van der Waals surface area contributed by atoms with Crippen LogP contribution in [0.5, 0.6) is 0 Å². The molecule has 5 nitrogen and oxygen atoms in total. The van der Waals surface area contributed by atoms with Crippen molar-refractivity contribution >= 4 is 29.9 Å². The average Bonchev–Trinajstić information content (AvgIpc) is 2.77. The quantitative estimate of drug-likeness (QED) is 0.284. The normalized spacial score (nSPS) is 15.3. The number of rotatable bonds is 8. The van der Waals surface area contributed by atoms with Gasteiger partial charge in [-0.25, -0.2) is 9.38 Å². The lowest BCUT2D eigenvalue weighted by Gasteiger charge is -2.33. The summed E-state index contributed by atoms with van der Waals surface area (Å²) in [6.07, 6.45) is 2.18. The van der Waals surface area contributed by atoms with Crippen molar-refractivity contribution in [1.82, 2.24) is 15.5 Å². The molecule has 1 fully saturated rings. The maximum absolute atomic E-state index is 13.8. The van der Waals surface area contributed by atoms with Gasteiger partial charge < -0.3 is 15.4 Å². The van der Waals surface area contributed by atoms with Crippen LogP contribution in [0.25, 0.3) is 0 Å². The second kappa shape index (κ2) is 13.7. The number of methoxy groups -OCH3 is 1. The number of likely N-dealkylation sites (tertiary alicyclic amines) is 1. The molecule has 0 saturated carbocycles. The second-order valence-corrected chi connectivity index (χ2v) is 8.18. The molecule has 0 unspecified atom stereocenters. The molecule has 0 radical (unpaired) electrons. The SMILES string of the molecule is CCNC(=NCc1ccc(F)c(COC)c1)NC1CCN(Cc2ccccc2C)CC1.I. The molecule has 2 aromatic rings. The van der Waals surface area contributed by atoms with E-state index in [1.807, 2.05) is 6.07 Å². The fraction of sp³-hybridized carbons (Fsp3) is 0.480. The summed E-state index contributed by atoms with van der Waals surface area (Å²) in [5.74, 6) is 0.578. The van der Waals surface area contributed by atoms with Gasteiger partial charge in [0, 0.05) is 44.9 Å². The highest BCUT2D eigenvalue weighted by molar-refractivity contribution is 14.0. The van der Waals surface area contributed by atoms with E-state index in [2.05, 4.69) is 53.6 Å². The maximum atomic E-state index is 13.8. The third-order valence-electron chi connectivity index (χ3n) is 5.76. The summed E-state index contributed by atoms with van der Waals surface area (Å²) >= 11 is 0. The number of guanidine groups is 1. The number of nitrogens with one attached hydrogen (secondary N) is 2. The van der Waals surface area contributed by atoms with Gasteiger partial charge in [-0.05, 0) is 55.5 Å². The molecule has 1 saturated heterocycles. The van der Waals surface area contributed by atoms with Gasteiger partial charge >= 0.3 is 0 Å². The lowest BCUT2D eigenvalue weighted by atomic mass is 10.0. The minimum Gasteiger partial charge on any atom is -0.380 e. The predicted octanol–water partition coefficient (Wildman–Crippen LogP) is 4.62. The van der Waals surface area contributed by atoms with Gasteiger partial charge in [-0.15, -0.1) is 24.0 Å². The first kappa shape index (κ1) is 26.5. The van der Waals surface area contributed by atoms with Gasteiger partial charge in [-0.2, -0.15) is 0 Å². The van der Waals surface area contributed by atoms with Crippen LogP contribution < -0.4 is 10.6 Å². The minimum atomic E-state index is -0.239. The molecule has 2 N–H and O–H groups in total. The van der Waals surface area contributed by atoms with Gasteiger partial charge in [0.15, 0.2) is 5.96 Å². The van der Waals surface area contributed by atoms with Crippen LogP contribution in [0.1, 0.15) is 42.0 Å². The average molecular weight is 554 g/mol. The number of halogens is 2. The highest BCUT2D eigenvalue weighted by Gasteiger charge is 2.20. The first-order valence-corrected chi connectivity index (χ1v) is 11.2. The number of benzene rings is 2. The van der Waals surface area contributed by atoms with Gasteiger partial charge in [0.1, 0.15) is 5.82 Å². The summed E-state index contributed by atoms with van der Waals surface area (Å²) in [5.41, 5.74) is 4.31. The molecule has 0 aliphatic carbocycles. The van der Waals surface area contributed by atoms with E-state index in [9.17, 15) is 4.39 Å². The Labute approximate surface area is 208 Å². The molecule has 7 heteroatoms. The molecule has 0 atom stereocenters. The minimum absolute atomic E-state index is 0. The van der Waals surface area contributed by atoms with Crippen molar-refractivity contribution in [3.8, 4) is 0 Å². The highest BCUT2D eigenvalue weighted by atomic mass is 127. The van der Waals surface area contributed by atoms with Crippen LogP contribution in [0.4, 0.5) is 4.39 Å². The number of piperidine rings is 1. The van der Waals surface area contributed by atoms with E-state index in [1.165, 1.54) is 17.2 Å². The molecule has 176 valence electrons. The summed E-state index contributed by atoms with van der Waals surface area (Å²) in [5, 5.41) is 6.92. The van der Waals surface area contributed by atoms with Crippen molar-refractivity contribution in [2.24, 2.45) is 4.99 Å². The van der Waals surface area contributed by atoms with E-state index in [0.717, 1.165) is 50.5 Å². The van der Waals surface area contributed by atoms with Crippen molar-refractivity contribution < 1.29 is 9.13 Å². The largest absolute Gasteiger partial charge is 0.380 e. The van der Waals surface area contributed by atoms with E-state index in [-0.39, 0.29) is 36.4 Å². The number of nitrogens with zero attached hydrogens (tertiary/aromatic N) is 2. The van der Waals surface area contributed by atoms with Gasteiger partial charge in [-0.3, -0.25) is 4.90 Å². The van der Waals surface area contributed by atoms with Crippen LogP contribution in [-0.4, -0.2) is 43.6 Å². The van der Waals surface area contributed by atoms with E-state index in [1.54, 1.807) is 13.2 Å². The fourth-order valence-corrected chi connectivity index (χ4v) is 3.94. The summed E-state index contributed by atoms with van der Waals surface area (Å²) in [7, 11) is 1.57. The Hall–Kier alpha value is -1.71. The standard InChI is InChI=1S/C25H35FN4O.HI/c1-4-27-25(28-16-20-9-10-24(26)22(15-20)18-31-3)29-23-11-13-30(14-12-23)17-21-8-6-5-7-19(21)2;/h5-10,15,23H,4,11-14,16-18H2,1-3H3,(H2,27,28,29);1H. The highest BCUT2D eigenvalue weighted by Crippen LogP contribution is 2.16. The Morgan fingerprint density at radius 3 is 2.59 bits per heavy atom. The number of ether oxygens (including phenoxy) is 1. The van der Waals surface area contributed by atoms with Crippen LogP contribution >= 0.6 is 24.0 Å². The molecule has 0 bridgehead atoms. The molecule has 0 amide bonds. The molecule has 1 aliphatic rings. The summed E-state index contributed by atoms with van der Waals surface area (Å²) < 4.78 is 18.9. The molecular formula is C25H36FIN4O. The monoisotopic (exact) mass is 554 g/mol. The predicted molar refractivity (Wildman–Crippen MR) is 140 cm³/mol. The van der Waals surface area contributed by atoms with Gasteiger partial charge in [0.25, 0.3) is 0 Å². The molecule has 32 heavy (non-hydrogen) atoms. The summed E-state index contributed by atoms with van der Waals surface area (Å²) in [6, 6.07) is 14.1. The van der Waals surface area contributed by atoms with Crippen molar-refractivity contribution in [3.05, 3.63) is 70.5 Å². The van der Waals surface area contributed by atoms with Crippen molar-refractivity contribution in [2.75, 3.05) is 26.7 Å². The van der Waals surface area contributed by atoms with E-state index < -0.39 is 0 Å². The number of aliphatic imine (C=N–C) groups is 1. The molecule has 1 heterocycles.